The quantitative estimate of drug-likeness (QED) is 0.0141. The molecule has 133 heavy (non-hydrogen) atoms. The number of rotatable bonds is 26. The maximum atomic E-state index is 15.7. The van der Waals surface area contributed by atoms with E-state index >= 15 is 28.8 Å². The van der Waals surface area contributed by atoms with Crippen molar-refractivity contribution in [3.05, 3.63) is 101 Å². The van der Waals surface area contributed by atoms with Crippen LogP contribution in [0.1, 0.15) is 134 Å². The second kappa shape index (κ2) is 50.2. The molecule has 14 atom stereocenters. The summed E-state index contributed by atoms with van der Waals surface area (Å²) in [6.07, 6.45) is -0.756. The van der Waals surface area contributed by atoms with E-state index in [-0.39, 0.29) is 96.0 Å². The molecule has 46 heteroatoms. The molecule has 722 valence electrons. The monoisotopic (exact) mass is 1890 g/mol. The number of aromatic amines is 1. The zero-order valence-electron chi connectivity index (χ0n) is 74.9. The van der Waals surface area contributed by atoms with Crippen LogP contribution in [0.3, 0.4) is 0 Å². The first-order chi connectivity index (χ1) is 63.2. The number of thiophene rings is 1. The van der Waals surface area contributed by atoms with Crippen molar-refractivity contribution in [2.75, 3.05) is 65.4 Å². The Kier molecular flexibility index (Phi) is 39.6. The van der Waals surface area contributed by atoms with Crippen LogP contribution in [0, 0.1) is 5.41 Å². The van der Waals surface area contributed by atoms with Gasteiger partial charge in [0.25, 0.3) is 0 Å². The van der Waals surface area contributed by atoms with Crippen molar-refractivity contribution in [2.45, 2.75) is 221 Å². The molecule has 19 amide bonds. The van der Waals surface area contributed by atoms with Crippen LogP contribution in [-0.4, -0.2) is 308 Å². The minimum Gasteiger partial charge on any atom is -0.508 e. The van der Waals surface area contributed by atoms with Crippen LogP contribution in [-0.2, 0) is 110 Å². The zero-order chi connectivity index (χ0) is 97.6. The van der Waals surface area contributed by atoms with Crippen LogP contribution < -0.4 is 87.2 Å². The molecular formula is C87H121N23O21S2. The van der Waals surface area contributed by atoms with Gasteiger partial charge in [-0.2, -0.15) is 0 Å². The molecule has 0 unspecified atom stereocenters. The number of guanidine groups is 1. The fourth-order valence-corrected chi connectivity index (χ4v) is 17.8. The summed E-state index contributed by atoms with van der Waals surface area (Å²) in [6.45, 7) is 2.59. The third-order valence-corrected chi connectivity index (χ3v) is 25.4. The Labute approximate surface area is 774 Å². The molecule has 0 saturated carbocycles. The SMILES string of the molecule is CCCC[C@H]1C(=O)N(C)[C@@H](CCCC)C(=O)N[C@@H](CCCNC(=N)N)C(=O)N[C@H](C(=O)NCC(N)=O)CSCC(=O)N[C@@H](Cc2ccc(O)cc2)C(=O)N(C)[C@@H](C)C(=O)N[C@H](CC(N)=O)C(=O)N2CCC[C@H]2C(=O)N[C@@H](CC(N)=O)C(=O)N[C@@H](CC(N)=O)C(=O)N2CCC[C@H]2C(=O)N[C@@H](Cc2c[nH]c3ccccc23)C(=O)N[C@@H](CO)C(=O)N[C@@H](Cc2csc3ccccc23)C(=O)N1C. The molecule has 0 radical (unpaired) electrons. The number of H-pyrrole nitrogens is 1. The number of likely N-dealkylation sites (N-methyl/N-ethyl adjacent to an activating group) is 3. The molecule has 3 aromatic carbocycles. The molecule has 3 aliphatic rings. The Morgan fingerprint density at radius 2 is 0.985 bits per heavy atom. The number of aliphatic hydroxyl groups excluding tert-OH is 1. The van der Waals surface area contributed by atoms with Gasteiger partial charge in [0.1, 0.15) is 90.3 Å². The molecule has 3 saturated heterocycles. The molecule has 5 heterocycles. The molecule has 44 nitrogen and oxygen atoms in total. The Morgan fingerprint density at radius 3 is 1.58 bits per heavy atom. The molecule has 0 spiro atoms. The van der Waals surface area contributed by atoms with E-state index in [2.05, 4.69) is 63.5 Å². The number of para-hydroxylation sites is 1. The number of unbranched alkanes of at least 4 members (excludes halogenated alkanes) is 2. The average molecular weight is 1890 g/mol. The summed E-state index contributed by atoms with van der Waals surface area (Å²) in [7, 11) is 3.85. The Morgan fingerprint density at radius 1 is 0.489 bits per heavy atom. The van der Waals surface area contributed by atoms with E-state index in [1.165, 1.54) is 63.7 Å². The van der Waals surface area contributed by atoms with Crippen molar-refractivity contribution >= 4 is 162 Å². The normalized spacial score (nSPS) is 24.3. The van der Waals surface area contributed by atoms with Crippen molar-refractivity contribution in [3.8, 4) is 5.75 Å². The lowest BCUT2D eigenvalue weighted by Gasteiger charge is -2.36. The van der Waals surface area contributed by atoms with Gasteiger partial charge in [0.15, 0.2) is 5.96 Å². The standard InChI is InChI=1S/C87H121N23O21S2/c1-7-9-22-63-79(124)98-54(21-15-31-94-87(92)93)75(120)105-62(74(119)96-41-71(91)116)44-132-45-72(117)97-57(34-47-27-29-50(112)30-28-47)82(127)106(4)46(3)73(118)101-59(38-69(89)114)84(129)109-32-17-25-65(109)81(126)100-56(37-68(88)113)77(122)103-60(39-70(90)115)85(130)110-33-16-24-64(110)80(125)99-55(35-48-40-95-53-20-13-11-18-51(48)53)76(121)104-61(42-111)78(123)102-58(36-49-43-133-67-26-14-12-19-52(49)67)83(128)108(6)66(23-10-8-2)86(131)107(63)5/h11-14,18-20,26-30,40,43,46,54-66,95,111-112H,7-10,15-17,21-25,31-39,41-42,44-45H2,1-6H3,(H2,88,113)(H2,89,114)(H2,90,115)(H2,91,116)(H,96,119)(H,97,117)(H,98,124)(H,99,125)(H,100,126)(H,101,118)(H,102,123)(H,103,122)(H,104,121)(H,105,120)(H4,92,93,94)/t46-,54-,55-,56-,57-,58-,59+,60-,61-,62-,63-,64-,65-,66-/m0/s1. The number of nitrogens with one attached hydrogen (secondary N) is 13. The highest BCUT2D eigenvalue weighted by Crippen LogP contribution is 2.30. The Balaban J connectivity index is 1.19. The summed E-state index contributed by atoms with van der Waals surface area (Å²) in [5, 5.41) is 60.3. The number of thioether (sulfide) groups is 1. The first-order valence-corrected chi connectivity index (χ1v) is 45.9. The van der Waals surface area contributed by atoms with Crippen molar-refractivity contribution in [3.63, 3.8) is 0 Å². The largest absolute Gasteiger partial charge is 0.508 e. The van der Waals surface area contributed by atoms with Crippen LogP contribution in [0.5, 0.6) is 5.75 Å². The number of fused-ring (bicyclic) bond motifs is 4. The number of hydrogen-bond donors (Lipinski definition) is 20. The van der Waals surface area contributed by atoms with Crippen LogP contribution in [0.2, 0.25) is 0 Å². The van der Waals surface area contributed by atoms with Gasteiger partial charge in [-0.3, -0.25) is 96.5 Å². The number of aromatic hydroxyl groups is 1. The summed E-state index contributed by atoms with van der Waals surface area (Å²) in [6, 6.07) is -3.41. The highest BCUT2D eigenvalue weighted by molar-refractivity contribution is 8.00. The van der Waals surface area contributed by atoms with Crippen LogP contribution >= 0.6 is 23.1 Å². The van der Waals surface area contributed by atoms with E-state index < -0.39 is 247 Å². The highest BCUT2D eigenvalue weighted by atomic mass is 32.2. The maximum Gasteiger partial charge on any atom is 0.246 e. The van der Waals surface area contributed by atoms with Crippen molar-refractivity contribution < 1.29 is 101 Å². The van der Waals surface area contributed by atoms with Gasteiger partial charge < -0.3 is 127 Å². The van der Waals surface area contributed by atoms with Crippen LogP contribution in [0.4, 0.5) is 0 Å². The lowest BCUT2D eigenvalue weighted by molar-refractivity contribution is -0.149. The van der Waals surface area contributed by atoms with Gasteiger partial charge in [0.05, 0.1) is 38.2 Å². The molecule has 0 bridgehead atoms. The number of carbonyl (C=O) groups is 19. The first-order valence-electron chi connectivity index (χ1n) is 43.8. The van der Waals surface area contributed by atoms with Crippen molar-refractivity contribution in [1.29, 1.82) is 5.41 Å². The zero-order valence-corrected chi connectivity index (χ0v) is 76.6. The van der Waals surface area contributed by atoms with Crippen molar-refractivity contribution in [2.24, 2.45) is 28.7 Å². The van der Waals surface area contributed by atoms with E-state index in [0.717, 1.165) is 41.0 Å². The molecule has 3 aliphatic heterocycles. The number of primary amides is 4. The minimum atomic E-state index is -1.97. The third-order valence-electron chi connectivity index (χ3n) is 23.3. The van der Waals surface area contributed by atoms with Crippen LogP contribution in [0.25, 0.3) is 21.0 Å². The lowest BCUT2D eigenvalue weighted by Crippen LogP contribution is -2.62. The van der Waals surface area contributed by atoms with Crippen LogP contribution in [0.15, 0.2) is 84.4 Å². The van der Waals surface area contributed by atoms with E-state index in [9.17, 15) is 72.5 Å². The topological polar surface area (TPSA) is 683 Å². The number of nitrogens with two attached hydrogens (primary N) is 5. The first kappa shape index (κ1) is 105. The molecule has 2 aromatic heterocycles. The van der Waals surface area contributed by atoms with Gasteiger partial charge >= 0.3 is 0 Å². The smallest absolute Gasteiger partial charge is 0.246 e. The molecule has 25 N–H and O–H groups in total. The van der Waals surface area contributed by atoms with Gasteiger partial charge in [-0.05, 0) is 110 Å². The Bertz CT molecular complexity index is 5090. The number of phenolic OH excluding ortho intramolecular Hbond substituents is 1. The number of aliphatic hydroxyl groups is 1. The highest BCUT2D eigenvalue weighted by Gasteiger charge is 2.46. The number of phenols is 1. The molecule has 8 rings (SSSR count). The summed E-state index contributed by atoms with van der Waals surface area (Å²) < 4.78 is 0.798. The third kappa shape index (κ3) is 29.7. The number of benzene rings is 3. The lowest BCUT2D eigenvalue weighted by atomic mass is 10.00. The molecule has 0 aliphatic carbocycles. The summed E-state index contributed by atoms with van der Waals surface area (Å²) >= 11 is 2.07. The second-order valence-corrected chi connectivity index (χ2v) is 35.0. The summed E-state index contributed by atoms with van der Waals surface area (Å²) in [5.41, 5.74) is 30.0. The maximum absolute atomic E-state index is 15.7. The van der Waals surface area contributed by atoms with E-state index in [1.54, 1.807) is 54.0 Å². The number of carbonyl (C=O) groups excluding carboxylic acids is 19. The predicted molar refractivity (Wildman–Crippen MR) is 488 cm³/mol. The molecule has 3 fully saturated rings. The van der Waals surface area contributed by atoms with Gasteiger partial charge in [-0.25, -0.2) is 0 Å². The second-order valence-electron chi connectivity index (χ2n) is 33.1. The fraction of sp³-hybridized carbons (Fsp3) is 0.517. The van der Waals surface area contributed by atoms with Gasteiger partial charge in [-0.1, -0.05) is 88.1 Å². The average Bonchev–Trinajstić information content (AvgIpc) is 1.67. The number of nitrogens with zero attached hydrogens (tertiary/aromatic N) is 5. The Hall–Kier alpha value is -13.5. The predicted octanol–water partition coefficient (Wildman–Crippen LogP) is -4.43. The minimum absolute atomic E-state index is 0.0172. The van der Waals surface area contributed by atoms with Gasteiger partial charge in [0.2, 0.25) is 112 Å². The number of aromatic nitrogens is 1. The number of amides is 19. The molecule has 5 aromatic rings. The van der Waals surface area contributed by atoms with E-state index in [4.69, 9.17) is 34.1 Å². The fourth-order valence-electron chi connectivity index (χ4n) is 16.0. The van der Waals surface area contributed by atoms with Gasteiger partial charge in [0, 0.05) is 87.6 Å². The summed E-state index contributed by atoms with van der Waals surface area (Å²) in [5.74, 6) is -21.2. The summed E-state index contributed by atoms with van der Waals surface area (Å²) in [4.78, 5) is 282. The van der Waals surface area contributed by atoms with E-state index in [1.807, 2.05) is 19.9 Å². The van der Waals surface area contributed by atoms with Crippen molar-refractivity contribution in [1.82, 2.24) is 88.0 Å². The van der Waals surface area contributed by atoms with E-state index in [0.29, 0.717) is 58.7 Å². The number of hydrogen-bond acceptors (Lipinski definition) is 24. The van der Waals surface area contributed by atoms with Gasteiger partial charge in [-0.15, -0.1) is 23.1 Å². The molecular weight excluding hydrogens is 1770 g/mol.